The van der Waals surface area contributed by atoms with Gasteiger partial charge in [-0.25, -0.2) is 9.78 Å². The molecular weight excluding hydrogens is 423 g/mol. The number of urea groups is 1. The van der Waals surface area contributed by atoms with Crippen LogP contribution in [-0.4, -0.2) is 20.6 Å². The monoisotopic (exact) mass is 441 g/mol. The van der Waals surface area contributed by atoms with E-state index in [-0.39, 0.29) is 5.69 Å². The normalized spacial score (nSPS) is 11.4. The molecule has 4 aromatic rings. The summed E-state index contributed by atoms with van der Waals surface area (Å²) in [6, 6.07) is 10.6. The molecular formula is C22H18F3N5O2. The van der Waals surface area contributed by atoms with Crippen LogP contribution in [0.5, 0.6) is 11.6 Å². The number of halogens is 3. The number of carbonyl (C=O) groups is 1. The predicted octanol–water partition coefficient (Wildman–Crippen LogP) is 5.73. The largest absolute Gasteiger partial charge is 0.437 e. The molecule has 2 amide bonds. The molecule has 164 valence electrons. The van der Waals surface area contributed by atoms with Crippen LogP contribution < -0.4 is 15.4 Å². The average molecular weight is 441 g/mol. The topological polar surface area (TPSA) is 81.1 Å². The fourth-order valence-corrected chi connectivity index (χ4v) is 3.17. The van der Waals surface area contributed by atoms with Gasteiger partial charge in [-0.2, -0.15) is 18.2 Å². The number of fused-ring (bicyclic) bond motifs is 1. The minimum absolute atomic E-state index is 0.0327. The number of benzene rings is 2. The Morgan fingerprint density at radius 2 is 1.88 bits per heavy atom. The van der Waals surface area contributed by atoms with E-state index in [4.69, 9.17) is 4.74 Å². The molecule has 0 aliphatic heterocycles. The second-order valence-electron chi connectivity index (χ2n) is 7.08. The van der Waals surface area contributed by atoms with Gasteiger partial charge in [-0.05, 0) is 55.0 Å². The molecule has 7 nitrogen and oxygen atoms in total. The lowest BCUT2D eigenvalue weighted by molar-refractivity contribution is -0.137. The van der Waals surface area contributed by atoms with Crippen molar-refractivity contribution in [1.29, 1.82) is 0 Å². The van der Waals surface area contributed by atoms with Gasteiger partial charge in [-0.1, -0.05) is 6.07 Å². The van der Waals surface area contributed by atoms with Gasteiger partial charge in [0.2, 0.25) is 5.88 Å². The van der Waals surface area contributed by atoms with E-state index >= 15 is 0 Å². The van der Waals surface area contributed by atoms with Crippen molar-refractivity contribution < 1.29 is 22.7 Å². The van der Waals surface area contributed by atoms with Gasteiger partial charge in [-0.15, -0.1) is 0 Å². The SMILES string of the molecule is Cc1cc(Oc2ncnc3ccn(C)c23)ccc1NC(=O)Nc1cccc(C(F)(F)F)c1. The molecule has 0 aliphatic rings. The smallest absolute Gasteiger partial charge is 0.416 e. The number of anilines is 2. The van der Waals surface area contributed by atoms with Crippen LogP contribution in [0.1, 0.15) is 11.1 Å². The summed E-state index contributed by atoms with van der Waals surface area (Å²) in [7, 11) is 1.86. The van der Waals surface area contributed by atoms with Crippen LogP contribution >= 0.6 is 0 Å². The van der Waals surface area contributed by atoms with Crippen molar-refractivity contribution in [2.45, 2.75) is 13.1 Å². The fraction of sp³-hybridized carbons (Fsp3) is 0.136. The van der Waals surface area contributed by atoms with Crippen molar-refractivity contribution in [3.05, 3.63) is 72.2 Å². The summed E-state index contributed by atoms with van der Waals surface area (Å²) in [5.74, 6) is 0.900. The van der Waals surface area contributed by atoms with E-state index < -0.39 is 17.8 Å². The highest BCUT2D eigenvalue weighted by atomic mass is 19.4. The summed E-state index contributed by atoms with van der Waals surface area (Å²) in [6.07, 6.45) is -1.22. The van der Waals surface area contributed by atoms with Crippen LogP contribution in [0.4, 0.5) is 29.3 Å². The van der Waals surface area contributed by atoms with Gasteiger partial charge < -0.3 is 19.9 Å². The van der Waals surface area contributed by atoms with Crippen LogP contribution in [0.25, 0.3) is 11.0 Å². The highest BCUT2D eigenvalue weighted by Crippen LogP contribution is 2.31. The molecule has 0 spiro atoms. The summed E-state index contributed by atoms with van der Waals surface area (Å²) < 4.78 is 46.3. The molecule has 2 aromatic carbocycles. The third kappa shape index (κ3) is 4.48. The number of amides is 2. The molecule has 0 fully saturated rings. The lowest BCUT2D eigenvalue weighted by Gasteiger charge is -2.13. The second-order valence-corrected chi connectivity index (χ2v) is 7.08. The van der Waals surface area contributed by atoms with Gasteiger partial charge >= 0.3 is 12.2 Å². The Bertz CT molecular complexity index is 1300. The zero-order chi connectivity index (χ0) is 22.9. The molecule has 0 bridgehead atoms. The number of nitrogens with one attached hydrogen (secondary N) is 2. The summed E-state index contributed by atoms with van der Waals surface area (Å²) >= 11 is 0. The van der Waals surface area contributed by atoms with Crippen molar-refractivity contribution in [2.24, 2.45) is 7.05 Å². The van der Waals surface area contributed by atoms with Crippen LogP contribution in [0, 0.1) is 6.92 Å². The first-order chi connectivity index (χ1) is 15.2. The third-order valence-electron chi connectivity index (χ3n) is 4.73. The van der Waals surface area contributed by atoms with Gasteiger partial charge in [0.1, 0.15) is 17.6 Å². The quantitative estimate of drug-likeness (QED) is 0.424. The van der Waals surface area contributed by atoms with E-state index in [1.807, 2.05) is 23.9 Å². The van der Waals surface area contributed by atoms with Crippen LogP contribution in [0.3, 0.4) is 0 Å². The predicted molar refractivity (Wildman–Crippen MR) is 114 cm³/mol. The lowest BCUT2D eigenvalue weighted by atomic mass is 10.2. The summed E-state index contributed by atoms with van der Waals surface area (Å²) in [6.45, 7) is 1.77. The van der Waals surface area contributed by atoms with E-state index in [0.29, 0.717) is 22.9 Å². The maximum atomic E-state index is 12.8. The molecule has 0 saturated heterocycles. The summed E-state index contributed by atoms with van der Waals surface area (Å²) in [4.78, 5) is 20.7. The van der Waals surface area contributed by atoms with Crippen LogP contribution in [0.2, 0.25) is 0 Å². The Hall–Kier alpha value is -4.08. The van der Waals surface area contributed by atoms with E-state index in [1.54, 1.807) is 25.1 Å². The maximum absolute atomic E-state index is 12.8. The van der Waals surface area contributed by atoms with E-state index in [2.05, 4.69) is 20.6 Å². The molecule has 0 radical (unpaired) electrons. The highest BCUT2D eigenvalue weighted by Gasteiger charge is 2.30. The molecule has 4 rings (SSSR count). The minimum atomic E-state index is -4.49. The molecule has 2 N–H and O–H groups in total. The van der Waals surface area contributed by atoms with Gasteiger partial charge in [0, 0.05) is 24.6 Å². The fourth-order valence-electron chi connectivity index (χ4n) is 3.17. The number of carbonyl (C=O) groups excluding carboxylic acids is 1. The number of alkyl halides is 3. The molecule has 2 heterocycles. The van der Waals surface area contributed by atoms with Gasteiger partial charge in [0.05, 0.1) is 11.1 Å². The Morgan fingerprint density at radius 1 is 1.06 bits per heavy atom. The molecule has 0 aliphatic carbocycles. The van der Waals surface area contributed by atoms with Crippen molar-refractivity contribution in [1.82, 2.24) is 14.5 Å². The zero-order valence-electron chi connectivity index (χ0n) is 17.1. The molecule has 0 atom stereocenters. The summed E-state index contributed by atoms with van der Waals surface area (Å²) in [5, 5.41) is 5.03. The molecule has 0 unspecified atom stereocenters. The molecule has 10 heteroatoms. The number of hydrogen-bond acceptors (Lipinski definition) is 4. The summed E-state index contributed by atoms with van der Waals surface area (Å²) in [5.41, 5.74) is 1.86. The van der Waals surface area contributed by atoms with E-state index in [9.17, 15) is 18.0 Å². The van der Waals surface area contributed by atoms with Crippen molar-refractivity contribution in [2.75, 3.05) is 10.6 Å². The first kappa shape index (κ1) is 21.2. The minimum Gasteiger partial charge on any atom is -0.437 e. The first-order valence-corrected chi connectivity index (χ1v) is 9.50. The average Bonchev–Trinajstić information content (AvgIpc) is 3.11. The van der Waals surface area contributed by atoms with Crippen molar-refractivity contribution in [3.63, 3.8) is 0 Å². The van der Waals surface area contributed by atoms with Crippen molar-refractivity contribution >= 4 is 28.4 Å². The van der Waals surface area contributed by atoms with Crippen LogP contribution in [0.15, 0.2) is 61.1 Å². The molecule has 0 saturated carbocycles. The van der Waals surface area contributed by atoms with Crippen LogP contribution in [-0.2, 0) is 13.2 Å². The van der Waals surface area contributed by atoms with Gasteiger partial charge in [0.15, 0.2) is 0 Å². The molecule has 32 heavy (non-hydrogen) atoms. The zero-order valence-corrected chi connectivity index (χ0v) is 17.1. The Kier molecular flexibility index (Phi) is 5.43. The first-order valence-electron chi connectivity index (χ1n) is 9.50. The molecule has 2 aromatic heterocycles. The van der Waals surface area contributed by atoms with E-state index in [0.717, 1.165) is 23.2 Å². The van der Waals surface area contributed by atoms with E-state index in [1.165, 1.54) is 18.5 Å². The Labute approximate surface area is 180 Å². The second kappa shape index (κ2) is 8.22. The number of hydrogen-bond donors (Lipinski definition) is 2. The Morgan fingerprint density at radius 3 is 2.62 bits per heavy atom. The lowest BCUT2D eigenvalue weighted by Crippen LogP contribution is -2.20. The standard InChI is InChI=1S/C22H18F3N5O2/c1-13-10-16(32-20-19-18(26-12-27-20)8-9-30(19)2)6-7-17(13)29-21(31)28-15-5-3-4-14(11-15)22(23,24)25/h3-12H,1-2H3,(H2,28,29,31). The Balaban J connectivity index is 1.47. The number of ether oxygens (including phenoxy) is 1. The van der Waals surface area contributed by atoms with Gasteiger partial charge in [0.25, 0.3) is 0 Å². The number of nitrogens with zero attached hydrogens (tertiary/aromatic N) is 3. The van der Waals surface area contributed by atoms with Crippen molar-refractivity contribution in [3.8, 4) is 11.6 Å². The highest BCUT2D eigenvalue weighted by molar-refractivity contribution is 6.00. The maximum Gasteiger partial charge on any atom is 0.416 e. The number of aromatic nitrogens is 3. The van der Waals surface area contributed by atoms with Gasteiger partial charge in [-0.3, -0.25) is 0 Å². The third-order valence-corrected chi connectivity index (χ3v) is 4.73. The number of rotatable bonds is 4. The number of aryl methyl sites for hydroxylation is 2.